The first-order chi connectivity index (χ1) is 6.32. The third-order valence-corrected chi connectivity index (χ3v) is 1.45. The van der Waals surface area contributed by atoms with Crippen molar-refractivity contribution in [1.82, 2.24) is 0 Å². The van der Waals surface area contributed by atoms with Crippen LogP contribution in [-0.4, -0.2) is 11.1 Å². The van der Waals surface area contributed by atoms with Gasteiger partial charge in [-0.05, 0) is 6.07 Å². The molecule has 0 fully saturated rings. The molecule has 15 heavy (non-hydrogen) atoms. The number of nitrogens with two attached hydrogens (primary N) is 1. The molecule has 0 bridgehead atoms. The molecule has 0 aliphatic heterocycles. The fourth-order valence-electron chi connectivity index (χ4n) is 0.769. The van der Waals surface area contributed by atoms with Crippen LogP contribution in [0.5, 0.6) is 0 Å². The molecule has 0 aromatic carbocycles. The highest BCUT2D eigenvalue weighted by Crippen LogP contribution is 2.32. The van der Waals surface area contributed by atoms with E-state index in [1.165, 1.54) is 0 Å². The maximum atomic E-state index is 12.0. The van der Waals surface area contributed by atoms with Crippen molar-refractivity contribution in [2.75, 3.05) is 0 Å². The number of rotatable bonds is 2. The monoisotopic (exact) mass is 246 g/mol. The average Bonchev–Trinajstić information content (AvgIpc) is 2.48. The SMILES string of the molecule is Cl.N[C@@H](c1ccc([N+](=O)[O-])o1)C(F)(F)F. The minimum atomic E-state index is -4.67. The van der Waals surface area contributed by atoms with Crippen molar-refractivity contribution in [3.63, 3.8) is 0 Å². The Bertz CT molecular complexity index is 352. The molecule has 5 nitrogen and oxygen atoms in total. The van der Waals surface area contributed by atoms with Crippen molar-refractivity contribution < 1.29 is 22.5 Å². The van der Waals surface area contributed by atoms with E-state index in [0.29, 0.717) is 0 Å². The van der Waals surface area contributed by atoms with E-state index < -0.39 is 28.8 Å². The zero-order valence-electron chi connectivity index (χ0n) is 7.02. The molecule has 2 N–H and O–H groups in total. The van der Waals surface area contributed by atoms with Gasteiger partial charge in [0.15, 0.2) is 6.04 Å². The number of furan rings is 1. The van der Waals surface area contributed by atoms with Crippen molar-refractivity contribution in [3.05, 3.63) is 28.0 Å². The second-order valence-electron chi connectivity index (χ2n) is 2.45. The van der Waals surface area contributed by atoms with Gasteiger partial charge >= 0.3 is 12.1 Å². The lowest BCUT2D eigenvalue weighted by Gasteiger charge is -2.11. The number of nitro groups is 1. The maximum absolute atomic E-state index is 12.0. The minimum absolute atomic E-state index is 0. The summed E-state index contributed by atoms with van der Waals surface area (Å²) in [5, 5.41) is 10.1. The van der Waals surface area contributed by atoms with Crippen molar-refractivity contribution in [3.8, 4) is 0 Å². The Morgan fingerprint density at radius 2 is 2.00 bits per heavy atom. The highest BCUT2D eigenvalue weighted by molar-refractivity contribution is 5.85. The van der Waals surface area contributed by atoms with Gasteiger partial charge in [0, 0.05) is 0 Å². The molecular formula is C6H6ClF3N2O3. The van der Waals surface area contributed by atoms with E-state index in [1.54, 1.807) is 0 Å². The number of halogens is 4. The van der Waals surface area contributed by atoms with Crippen LogP contribution in [0.3, 0.4) is 0 Å². The summed E-state index contributed by atoms with van der Waals surface area (Å²) in [6.45, 7) is 0. The summed E-state index contributed by atoms with van der Waals surface area (Å²) in [4.78, 5) is 9.14. The van der Waals surface area contributed by atoms with Crippen LogP contribution < -0.4 is 5.73 Å². The molecule has 86 valence electrons. The van der Waals surface area contributed by atoms with Gasteiger partial charge in [-0.2, -0.15) is 13.2 Å². The van der Waals surface area contributed by atoms with E-state index in [1.807, 2.05) is 0 Å². The van der Waals surface area contributed by atoms with E-state index in [0.717, 1.165) is 12.1 Å². The lowest BCUT2D eigenvalue weighted by molar-refractivity contribution is -0.402. The zero-order valence-corrected chi connectivity index (χ0v) is 7.84. The van der Waals surface area contributed by atoms with E-state index in [9.17, 15) is 23.3 Å². The Labute approximate surface area is 87.6 Å². The molecule has 1 heterocycles. The second kappa shape index (κ2) is 4.49. The van der Waals surface area contributed by atoms with E-state index in [2.05, 4.69) is 4.42 Å². The van der Waals surface area contributed by atoms with Crippen molar-refractivity contribution >= 4 is 18.3 Å². The second-order valence-corrected chi connectivity index (χ2v) is 2.45. The van der Waals surface area contributed by atoms with Crippen LogP contribution in [0.15, 0.2) is 16.5 Å². The Hall–Kier alpha value is -1.28. The smallest absolute Gasteiger partial charge is 0.404 e. The van der Waals surface area contributed by atoms with Crippen molar-refractivity contribution in [2.24, 2.45) is 5.73 Å². The van der Waals surface area contributed by atoms with Gasteiger partial charge in [0.2, 0.25) is 0 Å². The lowest BCUT2D eigenvalue weighted by Crippen LogP contribution is -2.27. The third-order valence-electron chi connectivity index (χ3n) is 1.45. The van der Waals surface area contributed by atoms with Gasteiger partial charge in [0.25, 0.3) is 0 Å². The molecule has 1 aromatic rings. The summed E-state index contributed by atoms with van der Waals surface area (Å²) in [6, 6.07) is -0.687. The van der Waals surface area contributed by atoms with Crippen LogP contribution >= 0.6 is 12.4 Å². The molecule has 1 aromatic heterocycles. The summed E-state index contributed by atoms with van der Waals surface area (Å²) in [5.41, 5.74) is 4.74. The number of hydrogen-bond donors (Lipinski definition) is 1. The van der Waals surface area contributed by atoms with Crippen LogP contribution in [0.2, 0.25) is 0 Å². The zero-order chi connectivity index (χ0) is 10.9. The first kappa shape index (κ1) is 13.7. The molecular weight excluding hydrogens is 241 g/mol. The van der Waals surface area contributed by atoms with Gasteiger partial charge in [0.05, 0.1) is 6.07 Å². The van der Waals surface area contributed by atoms with Gasteiger partial charge in [-0.1, -0.05) is 0 Å². The summed E-state index contributed by atoms with van der Waals surface area (Å²) in [7, 11) is 0. The highest BCUT2D eigenvalue weighted by Gasteiger charge is 2.40. The molecule has 0 spiro atoms. The first-order valence-corrected chi connectivity index (χ1v) is 3.39. The van der Waals surface area contributed by atoms with E-state index in [-0.39, 0.29) is 12.4 Å². The van der Waals surface area contributed by atoms with E-state index >= 15 is 0 Å². The summed E-state index contributed by atoms with van der Waals surface area (Å²) < 4.78 is 40.3. The predicted molar refractivity (Wildman–Crippen MR) is 45.6 cm³/mol. The normalized spacial score (nSPS) is 13.1. The molecule has 0 aliphatic carbocycles. The molecule has 0 aliphatic rings. The topological polar surface area (TPSA) is 82.3 Å². The standard InChI is InChI=1S/C6H5F3N2O3.ClH/c7-6(8,9)5(10)3-1-2-4(14-3)11(12)13;/h1-2,5H,10H2;1H/t5-;/m0./s1. The minimum Gasteiger partial charge on any atom is -0.404 e. The van der Waals surface area contributed by atoms with Gasteiger partial charge in [0.1, 0.15) is 10.7 Å². The van der Waals surface area contributed by atoms with Crippen LogP contribution in [-0.2, 0) is 0 Å². The Morgan fingerprint density at radius 3 is 2.33 bits per heavy atom. The summed E-state index contributed by atoms with van der Waals surface area (Å²) in [5.74, 6) is -1.44. The predicted octanol–water partition coefficient (Wildman–Crippen LogP) is 2.17. The molecule has 0 amide bonds. The molecule has 1 atom stereocenters. The van der Waals surface area contributed by atoms with Crippen molar-refractivity contribution in [1.29, 1.82) is 0 Å². The molecule has 9 heteroatoms. The van der Waals surface area contributed by atoms with Gasteiger partial charge in [-0.3, -0.25) is 10.1 Å². The Balaban J connectivity index is 0.00000196. The maximum Gasteiger partial charge on any atom is 0.433 e. The Morgan fingerprint density at radius 1 is 1.47 bits per heavy atom. The highest BCUT2D eigenvalue weighted by atomic mass is 35.5. The summed E-state index contributed by atoms with van der Waals surface area (Å²) >= 11 is 0. The first-order valence-electron chi connectivity index (χ1n) is 3.39. The van der Waals surface area contributed by atoms with E-state index in [4.69, 9.17) is 5.73 Å². The van der Waals surface area contributed by atoms with Crippen LogP contribution in [0.1, 0.15) is 11.8 Å². The molecule has 0 unspecified atom stereocenters. The van der Waals surface area contributed by atoms with Crippen LogP contribution in [0.25, 0.3) is 0 Å². The lowest BCUT2D eigenvalue weighted by atomic mass is 10.2. The van der Waals surface area contributed by atoms with Gasteiger partial charge in [-0.25, -0.2) is 0 Å². The fourth-order valence-corrected chi connectivity index (χ4v) is 0.769. The quantitative estimate of drug-likeness (QED) is 0.640. The van der Waals surface area contributed by atoms with Crippen LogP contribution in [0.4, 0.5) is 19.1 Å². The molecule has 0 saturated carbocycles. The third kappa shape index (κ3) is 3.10. The largest absolute Gasteiger partial charge is 0.433 e. The van der Waals surface area contributed by atoms with Gasteiger partial charge in [-0.15, -0.1) is 12.4 Å². The average molecular weight is 247 g/mol. The Kier molecular flexibility index (Phi) is 4.11. The van der Waals surface area contributed by atoms with Crippen LogP contribution in [0, 0.1) is 10.1 Å². The number of alkyl halides is 3. The molecule has 0 saturated heterocycles. The fraction of sp³-hybridized carbons (Fsp3) is 0.333. The number of nitrogens with zero attached hydrogens (tertiary/aromatic N) is 1. The molecule has 0 radical (unpaired) electrons. The van der Waals surface area contributed by atoms with Crippen molar-refractivity contribution in [2.45, 2.75) is 12.2 Å². The molecule has 1 rings (SSSR count). The number of hydrogen-bond acceptors (Lipinski definition) is 4. The summed E-state index contributed by atoms with van der Waals surface area (Å²) in [6.07, 6.45) is -4.67. The van der Waals surface area contributed by atoms with Gasteiger partial charge < -0.3 is 10.2 Å².